The highest BCUT2D eigenvalue weighted by atomic mass is 32.1. The van der Waals surface area contributed by atoms with Crippen LogP contribution in [0.5, 0.6) is 0 Å². The summed E-state index contributed by atoms with van der Waals surface area (Å²) in [5.74, 6) is -0.968. The van der Waals surface area contributed by atoms with Gasteiger partial charge in [0.2, 0.25) is 0 Å². The van der Waals surface area contributed by atoms with E-state index in [9.17, 15) is 22.8 Å². The van der Waals surface area contributed by atoms with Crippen molar-refractivity contribution in [2.45, 2.75) is 32.4 Å². The van der Waals surface area contributed by atoms with E-state index in [0.717, 1.165) is 29.3 Å². The van der Waals surface area contributed by atoms with Gasteiger partial charge >= 0.3 is 6.18 Å². The zero-order chi connectivity index (χ0) is 24.9. The minimum atomic E-state index is -4.73. The van der Waals surface area contributed by atoms with E-state index in [4.69, 9.17) is 5.73 Å². The lowest BCUT2D eigenvalue weighted by Gasteiger charge is -2.18. The number of rotatable bonds is 4. The zero-order valence-corrected chi connectivity index (χ0v) is 19.3. The van der Waals surface area contributed by atoms with E-state index in [1.165, 1.54) is 17.4 Å². The second-order valence-corrected chi connectivity index (χ2v) is 9.67. The minimum Gasteiger partial charge on any atom is -0.365 e. The summed E-state index contributed by atoms with van der Waals surface area (Å²) in [7, 11) is 0. The van der Waals surface area contributed by atoms with Gasteiger partial charge in [-0.1, -0.05) is 37.3 Å². The average molecular weight is 500 g/mol. The Morgan fingerprint density at radius 1 is 1.20 bits per heavy atom. The maximum Gasteiger partial charge on any atom is 0.433 e. The predicted octanol–water partition coefficient (Wildman–Crippen LogP) is 4.95. The molecule has 11 heteroatoms. The number of fused-ring (bicyclic) bond motifs is 2. The summed E-state index contributed by atoms with van der Waals surface area (Å²) in [6.45, 7) is 2.11. The molecule has 3 N–H and O–H groups in total. The number of carbonyl (C=O) groups is 2. The van der Waals surface area contributed by atoms with Crippen LogP contribution in [0.1, 0.15) is 50.3 Å². The largest absolute Gasteiger partial charge is 0.433 e. The van der Waals surface area contributed by atoms with E-state index < -0.39 is 23.7 Å². The first kappa shape index (κ1) is 23.0. The van der Waals surface area contributed by atoms with Crippen molar-refractivity contribution in [3.8, 4) is 11.3 Å². The van der Waals surface area contributed by atoms with Gasteiger partial charge < -0.3 is 11.1 Å². The number of halogens is 3. The summed E-state index contributed by atoms with van der Waals surface area (Å²) in [6, 6.07) is 10.5. The van der Waals surface area contributed by atoms with Gasteiger partial charge in [-0.2, -0.15) is 18.3 Å². The number of benzene rings is 1. The van der Waals surface area contributed by atoms with Crippen LogP contribution in [-0.2, 0) is 19.0 Å². The first-order valence-corrected chi connectivity index (χ1v) is 11.7. The molecule has 1 aliphatic carbocycles. The number of amides is 2. The van der Waals surface area contributed by atoms with Crippen molar-refractivity contribution in [1.29, 1.82) is 0 Å². The van der Waals surface area contributed by atoms with Gasteiger partial charge in [0.25, 0.3) is 11.8 Å². The third-order valence-corrected chi connectivity index (χ3v) is 7.17. The topological polar surface area (TPSA) is 102 Å². The quantitative estimate of drug-likeness (QED) is 0.415. The van der Waals surface area contributed by atoms with Crippen molar-refractivity contribution in [3.05, 3.63) is 69.9 Å². The molecule has 4 aromatic rings. The van der Waals surface area contributed by atoms with E-state index >= 15 is 0 Å². The number of hydrogen-bond donors (Lipinski definition) is 2. The van der Waals surface area contributed by atoms with Crippen LogP contribution in [0, 0.1) is 5.92 Å². The molecule has 7 nitrogen and oxygen atoms in total. The molecule has 0 fully saturated rings. The number of primary amides is 1. The summed E-state index contributed by atoms with van der Waals surface area (Å²) in [6.07, 6.45) is -2.38. The molecule has 0 saturated heterocycles. The van der Waals surface area contributed by atoms with Crippen LogP contribution in [0.15, 0.2) is 42.5 Å². The molecule has 35 heavy (non-hydrogen) atoms. The fourth-order valence-corrected chi connectivity index (χ4v) is 5.72. The number of hydrogen-bond acceptors (Lipinski definition) is 5. The average Bonchev–Trinajstić information content (AvgIpc) is 3.39. The third kappa shape index (κ3) is 4.27. The molecule has 0 spiro atoms. The van der Waals surface area contributed by atoms with Crippen molar-refractivity contribution < 1.29 is 22.8 Å². The third-order valence-electron chi connectivity index (χ3n) is 6.00. The Morgan fingerprint density at radius 2 is 1.94 bits per heavy atom. The van der Waals surface area contributed by atoms with Crippen LogP contribution in [0.4, 0.5) is 18.2 Å². The van der Waals surface area contributed by atoms with Gasteiger partial charge in [-0.25, -0.2) is 9.50 Å². The Bertz CT molecular complexity index is 1460. The SMILES string of the molecule is C[C@H]1CCc2c(sc(NC(=O)c3cc4nc(-c5ccccc5)cc(C(F)(F)F)n4n3)c2C(N)=O)C1. The van der Waals surface area contributed by atoms with E-state index in [1.54, 1.807) is 30.3 Å². The van der Waals surface area contributed by atoms with Gasteiger partial charge in [0, 0.05) is 16.5 Å². The van der Waals surface area contributed by atoms with Crippen molar-refractivity contribution >= 4 is 33.8 Å². The second-order valence-electron chi connectivity index (χ2n) is 8.56. The van der Waals surface area contributed by atoms with Crippen molar-refractivity contribution in [2.75, 3.05) is 5.32 Å². The highest BCUT2D eigenvalue weighted by molar-refractivity contribution is 7.17. The number of aromatic nitrogens is 3. The number of nitrogens with two attached hydrogens (primary N) is 1. The molecule has 1 aliphatic rings. The Balaban J connectivity index is 1.55. The van der Waals surface area contributed by atoms with Gasteiger partial charge in [0.1, 0.15) is 5.00 Å². The molecule has 0 saturated carbocycles. The van der Waals surface area contributed by atoms with Crippen molar-refractivity contribution in [2.24, 2.45) is 11.7 Å². The van der Waals surface area contributed by atoms with E-state index in [0.29, 0.717) is 22.4 Å². The fraction of sp³-hybridized carbons (Fsp3) is 0.250. The molecular weight excluding hydrogens is 479 g/mol. The van der Waals surface area contributed by atoms with Crippen LogP contribution in [-0.4, -0.2) is 26.4 Å². The standard InChI is InChI=1S/C24H20F3N5O2S/c1-12-7-8-14-17(9-12)35-23(20(14)21(28)33)30-22(34)16-11-19-29-15(13-5-3-2-4-6-13)10-18(24(25,26)27)32(19)31-16/h2-6,10-12H,7-9H2,1H3,(H2,28,33)(H,30,34)/t12-/m0/s1. The molecule has 0 radical (unpaired) electrons. The maximum atomic E-state index is 13.8. The Morgan fingerprint density at radius 3 is 2.63 bits per heavy atom. The van der Waals surface area contributed by atoms with E-state index in [1.807, 2.05) is 0 Å². The predicted molar refractivity (Wildman–Crippen MR) is 125 cm³/mol. The van der Waals surface area contributed by atoms with Crippen LogP contribution in [0.2, 0.25) is 0 Å². The molecule has 0 aliphatic heterocycles. The normalized spacial score (nSPS) is 15.7. The Labute approximate surface area is 201 Å². The molecule has 180 valence electrons. The number of thiophene rings is 1. The summed E-state index contributed by atoms with van der Waals surface area (Å²) in [4.78, 5) is 30.4. The summed E-state index contributed by atoms with van der Waals surface area (Å²) >= 11 is 1.27. The zero-order valence-electron chi connectivity index (χ0n) is 18.5. The fourth-order valence-electron chi connectivity index (χ4n) is 4.31. The number of nitrogens with one attached hydrogen (secondary N) is 1. The maximum absolute atomic E-state index is 13.8. The smallest absolute Gasteiger partial charge is 0.365 e. The summed E-state index contributed by atoms with van der Waals surface area (Å²) < 4.78 is 42.1. The Kier molecular flexibility index (Phi) is 5.59. The molecule has 1 atom stereocenters. The van der Waals surface area contributed by atoms with Gasteiger partial charge in [-0.15, -0.1) is 11.3 Å². The van der Waals surface area contributed by atoms with Crippen LogP contribution in [0.3, 0.4) is 0 Å². The molecule has 3 heterocycles. The second kappa shape index (κ2) is 8.49. The van der Waals surface area contributed by atoms with E-state index in [2.05, 4.69) is 22.3 Å². The minimum absolute atomic E-state index is 0.105. The lowest BCUT2D eigenvalue weighted by Crippen LogP contribution is -2.19. The molecule has 0 bridgehead atoms. The molecule has 5 rings (SSSR count). The van der Waals surface area contributed by atoms with Crippen LogP contribution < -0.4 is 11.1 Å². The Hall–Kier alpha value is -3.73. The lowest BCUT2D eigenvalue weighted by atomic mass is 9.88. The monoisotopic (exact) mass is 499 g/mol. The lowest BCUT2D eigenvalue weighted by molar-refractivity contribution is -0.142. The number of alkyl halides is 3. The molecule has 2 amide bonds. The molecular formula is C24H20F3N5O2S. The number of anilines is 1. The van der Waals surface area contributed by atoms with Gasteiger partial charge in [0.15, 0.2) is 17.0 Å². The molecule has 3 aromatic heterocycles. The van der Waals surface area contributed by atoms with Crippen LogP contribution in [0.25, 0.3) is 16.9 Å². The van der Waals surface area contributed by atoms with E-state index in [-0.39, 0.29) is 27.6 Å². The van der Waals surface area contributed by atoms with Crippen LogP contribution >= 0.6 is 11.3 Å². The van der Waals surface area contributed by atoms with Gasteiger partial charge in [-0.05, 0) is 36.8 Å². The first-order chi connectivity index (χ1) is 16.6. The molecule has 1 aromatic carbocycles. The van der Waals surface area contributed by atoms with Crippen molar-refractivity contribution in [3.63, 3.8) is 0 Å². The number of nitrogens with zero attached hydrogens (tertiary/aromatic N) is 3. The molecule has 0 unspecified atom stereocenters. The summed E-state index contributed by atoms with van der Waals surface area (Å²) in [5.41, 5.74) is 5.84. The summed E-state index contributed by atoms with van der Waals surface area (Å²) in [5, 5.41) is 6.81. The number of carbonyl (C=O) groups excluding carboxylic acids is 2. The highest BCUT2D eigenvalue weighted by Crippen LogP contribution is 2.39. The van der Waals surface area contributed by atoms with Gasteiger partial charge in [0.05, 0.1) is 11.3 Å². The van der Waals surface area contributed by atoms with Gasteiger partial charge in [-0.3, -0.25) is 9.59 Å². The first-order valence-electron chi connectivity index (χ1n) is 10.9. The highest BCUT2D eigenvalue weighted by Gasteiger charge is 2.36. The van der Waals surface area contributed by atoms with Crippen molar-refractivity contribution in [1.82, 2.24) is 14.6 Å².